The Kier molecular flexibility index (Phi) is 2.76. The van der Waals surface area contributed by atoms with Crippen molar-refractivity contribution in [1.29, 1.82) is 0 Å². The van der Waals surface area contributed by atoms with E-state index in [4.69, 9.17) is 4.84 Å². The average molecular weight is 241 g/mol. The van der Waals surface area contributed by atoms with Crippen LogP contribution in [0, 0.1) is 0 Å². The Hall–Kier alpha value is -1.88. The molecule has 0 aromatic heterocycles. The molecule has 3 rings (SSSR count). The molecule has 4 heteroatoms. The highest BCUT2D eigenvalue weighted by Crippen LogP contribution is 2.41. The second-order valence-electron chi connectivity index (χ2n) is 4.17. The molecule has 0 saturated carbocycles. The first-order valence-electron chi connectivity index (χ1n) is 5.71. The van der Waals surface area contributed by atoms with Gasteiger partial charge in [-0.2, -0.15) is 0 Å². The van der Waals surface area contributed by atoms with E-state index >= 15 is 0 Å². The quantitative estimate of drug-likeness (QED) is 0.807. The standard InChI is InChI=1S/C14H11NO3/c16-13(10-6-2-1-3-7-10)14-11-8-4-5-9-12(11)15(17)18-14/h1-9,13-14H/q-1. The van der Waals surface area contributed by atoms with Crippen LogP contribution in [0.3, 0.4) is 0 Å². The lowest BCUT2D eigenvalue weighted by molar-refractivity contribution is -0.450. The van der Waals surface area contributed by atoms with E-state index in [1.165, 1.54) is 0 Å². The summed E-state index contributed by atoms with van der Waals surface area (Å²) in [5, 5.41) is 24.3. The molecule has 1 heterocycles. The van der Waals surface area contributed by atoms with Crippen molar-refractivity contribution in [3.8, 4) is 0 Å². The Labute approximate surface area is 105 Å². The van der Waals surface area contributed by atoms with Crippen LogP contribution in [0.2, 0.25) is 0 Å². The molecular weight excluding hydrogens is 230 g/mol. The van der Waals surface area contributed by atoms with Crippen LogP contribution >= 0.6 is 0 Å². The maximum absolute atomic E-state index is 12.3. The third-order valence-electron chi connectivity index (χ3n) is 3.05. The Balaban J connectivity index is 1.96. The zero-order valence-corrected chi connectivity index (χ0v) is 9.52. The van der Waals surface area contributed by atoms with Gasteiger partial charge in [-0.15, -0.1) is 0 Å². The van der Waals surface area contributed by atoms with Crippen molar-refractivity contribution in [2.75, 3.05) is 5.23 Å². The third-order valence-corrected chi connectivity index (χ3v) is 3.05. The van der Waals surface area contributed by atoms with Gasteiger partial charge in [0.15, 0.2) is 0 Å². The van der Waals surface area contributed by atoms with Crippen LogP contribution < -0.4 is 10.3 Å². The normalized spacial score (nSPS) is 19.7. The van der Waals surface area contributed by atoms with Crippen LogP contribution in [0.5, 0.6) is 0 Å². The largest absolute Gasteiger partial charge is 0.846 e. The minimum absolute atomic E-state index is 0.416. The number of hydrogen-bond acceptors (Lipinski definition) is 3. The van der Waals surface area contributed by atoms with Gasteiger partial charge in [-0.25, -0.2) is 4.84 Å². The highest BCUT2D eigenvalue weighted by molar-refractivity contribution is 5.54. The van der Waals surface area contributed by atoms with E-state index in [2.05, 4.69) is 0 Å². The number of para-hydroxylation sites is 1. The number of hydrogen-bond donors (Lipinski definition) is 0. The first-order valence-corrected chi connectivity index (χ1v) is 5.71. The molecule has 2 atom stereocenters. The number of benzene rings is 2. The van der Waals surface area contributed by atoms with Crippen molar-refractivity contribution in [3.63, 3.8) is 0 Å². The summed E-state index contributed by atoms with van der Waals surface area (Å²) in [5.74, 6) is 0. The summed E-state index contributed by atoms with van der Waals surface area (Å²) < 4.78 is 0. The second-order valence-corrected chi connectivity index (χ2v) is 4.17. The van der Waals surface area contributed by atoms with Gasteiger partial charge in [0.2, 0.25) is 0 Å². The van der Waals surface area contributed by atoms with E-state index in [0.29, 0.717) is 22.0 Å². The highest BCUT2D eigenvalue weighted by atomic mass is 16.9. The molecule has 1 aliphatic heterocycles. The molecule has 0 aliphatic carbocycles. The molecule has 2 aromatic rings. The van der Waals surface area contributed by atoms with E-state index in [9.17, 15) is 10.3 Å². The van der Waals surface area contributed by atoms with E-state index in [-0.39, 0.29) is 0 Å². The van der Waals surface area contributed by atoms with Crippen molar-refractivity contribution < 1.29 is 15.2 Å². The van der Waals surface area contributed by atoms with Crippen LogP contribution in [-0.4, -0.2) is 0 Å². The summed E-state index contributed by atoms with van der Waals surface area (Å²) in [4.78, 5) is 5.11. The third kappa shape index (κ3) is 1.76. The molecule has 1 radical (unpaired) electrons. The van der Waals surface area contributed by atoms with Gasteiger partial charge in [-0.3, -0.25) is 0 Å². The Bertz CT molecular complexity index is 544. The fraction of sp³-hybridized carbons (Fsp3) is 0.143. The maximum atomic E-state index is 12.3. The maximum Gasteiger partial charge on any atom is 0.107 e. The molecule has 18 heavy (non-hydrogen) atoms. The molecule has 0 spiro atoms. The smallest absolute Gasteiger partial charge is 0.107 e. The monoisotopic (exact) mass is 241 g/mol. The van der Waals surface area contributed by atoms with Gasteiger partial charge in [0.1, 0.15) is 11.8 Å². The van der Waals surface area contributed by atoms with Crippen LogP contribution in [0.1, 0.15) is 23.3 Å². The minimum atomic E-state index is -1.11. The topological polar surface area (TPSA) is 55.4 Å². The van der Waals surface area contributed by atoms with E-state index in [1.54, 1.807) is 48.5 Å². The first kappa shape index (κ1) is 11.2. The summed E-state index contributed by atoms with van der Waals surface area (Å²) in [6.45, 7) is 0. The zero-order valence-electron chi connectivity index (χ0n) is 9.52. The summed E-state index contributed by atoms with van der Waals surface area (Å²) >= 11 is 0. The molecule has 0 fully saturated rings. The SMILES string of the molecule is [O]N1OC(C([O-])c2ccccc2)c2ccccc21. The Morgan fingerprint density at radius 1 is 1.06 bits per heavy atom. The number of rotatable bonds is 2. The van der Waals surface area contributed by atoms with Gasteiger partial charge in [-0.05, 0) is 6.07 Å². The lowest BCUT2D eigenvalue weighted by Crippen LogP contribution is -2.25. The van der Waals surface area contributed by atoms with E-state index in [0.717, 1.165) is 0 Å². The van der Waals surface area contributed by atoms with Crippen LogP contribution in [0.15, 0.2) is 54.6 Å². The van der Waals surface area contributed by atoms with E-state index < -0.39 is 12.2 Å². The molecular formula is C14H11NO3-. The molecule has 4 nitrogen and oxygen atoms in total. The number of fused-ring (bicyclic) bond motifs is 1. The van der Waals surface area contributed by atoms with Gasteiger partial charge >= 0.3 is 0 Å². The molecule has 0 N–H and O–H groups in total. The number of nitrogens with zero attached hydrogens (tertiary/aromatic N) is 1. The van der Waals surface area contributed by atoms with Crippen molar-refractivity contribution in [1.82, 2.24) is 0 Å². The fourth-order valence-electron chi connectivity index (χ4n) is 2.15. The molecule has 2 aromatic carbocycles. The Morgan fingerprint density at radius 3 is 2.50 bits per heavy atom. The van der Waals surface area contributed by atoms with Crippen LogP contribution in [0.4, 0.5) is 5.69 Å². The number of anilines is 1. The van der Waals surface area contributed by atoms with Gasteiger partial charge in [-0.1, -0.05) is 70.6 Å². The lowest BCUT2D eigenvalue weighted by atomic mass is 9.98. The fourth-order valence-corrected chi connectivity index (χ4v) is 2.15. The lowest BCUT2D eigenvalue weighted by Gasteiger charge is -2.28. The molecule has 91 valence electrons. The van der Waals surface area contributed by atoms with Crippen molar-refractivity contribution in [2.45, 2.75) is 12.2 Å². The molecule has 2 unspecified atom stereocenters. The van der Waals surface area contributed by atoms with Gasteiger partial charge in [0.05, 0.1) is 0 Å². The van der Waals surface area contributed by atoms with Gasteiger partial charge < -0.3 is 5.11 Å². The second kappa shape index (κ2) is 4.42. The predicted octanol–water partition coefficient (Wildman–Crippen LogP) is 1.93. The van der Waals surface area contributed by atoms with Crippen LogP contribution in [-0.2, 0) is 10.0 Å². The molecule has 1 aliphatic rings. The van der Waals surface area contributed by atoms with Crippen LogP contribution in [0.25, 0.3) is 0 Å². The minimum Gasteiger partial charge on any atom is -0.846 e. The first-order chi connectivity index (χ1) is 8.77. The zero-order chi connectivity index (χ0) is 12.5. The Morgan fingerprint density at radius 2 is 1.72 bits per heavy atom. The van der Waals surface area contributed by atoms with Crippen molar-refractivity contribution in [3.05, 3.63) is 65.7 Å². The highest BCUT2D eigenvalue weighted by Gasteiger charge is 2.31. The molecule has 0 bridgehead atoms. The van der Waals surface area contributed by atoms with Crippen molar-refractivity contribution in [2.24, 2.45) is 0 Å². The summed E-state index contributed by atoms with van der Waals surface area (Å²) in [5.41, 5.74) is 1.68. The predicted molar refractivity (Wildman–Crippen MR) is 62.6 cm³/mol. The molecule has 0 amide bonds. The van der Waals surface area contributed by atoms with Crippen molar-refractivity contribution >= 4 is 5.69 Å². The average Bonchev–Trinajstić information content (AvgIpc) is 2.77. The van der Waals surface area contributed by atoms with E-state index in [1.807, 2.05) is 6.07 Å². The summed E-state index contributed by atoms with van der Waals surface area (Å²) in [6.07, 6.45) is -1.87. The van der Waals surface area contributed by atoms with Gasteiger partial charge in [0.25, 0.3) is 0 Å². The summed E-state index contributed by atoms with van der Waals surface area (Å²) in [7, 11) is 0. The summed E-state index contributed by atoms with van der Waals surface area (Å²) in [6, 6.07) is 15.9. The molecule has 0 saturated heterocycles. The van der Waals surface area contributed by atoms with Gasteiger partial charge in [0, 0.05) is 5.56 Å².